The van der Waals surface area contributed by atoms with E-state index in [0.717, 1.165) is 41.0 Å². The second-order valence-corrected chi connectivity index (χ2v) is 11.3. The van der Waals surface area contributed by atoms with E-state index in [9.17, 15) is 4.79 Å². The molecule has 4 heterocycles. The van der Waals surface area contributed by atoms with Crippen LogP contribution in [0, 0.1) is 6.92 Å². The average molecular weight is 473 g/mol. The summed E-state index contributed by atoms with van der Waals surface area (Å²) >= 11 is 0. The molecule has 5 rings (SSSR count). The van der Waals surface area contributed by atoms with E-state index in [-0.39, 0.29) is 16.9 Å². The first-order valence-electron chi connectivity index (χ1n) is 12.0. The molecule has 4 aromatic rings. The van der Waals surface area contributed by atoms with Crippen LogP contribution in [-0.4, -0.2) is 40.4 Å². The van der Waals surface area contributed by atoms with Gasteiger partial charge in [0.15, 0.2) is 5.65 Å². The number of aryl methyl sites for hydroxylation is 1. The number of nitrogens with one attached hydrogen (secondary N) is 1. The van der Waals surface area contributed by atoms with Crippen LogP contribution in [0.4, 0.5) is 5.82 Å². The van der Waals surface area contributed by atoms with Crippen LogP contribution in [-0.2, 0) is 11.0 Å². The Morgan fingerprint density at radius 1 is 1.03 bits per heavy atom. The maximum absolute atomic E-state index is 13.8. The van der Waals surface area contributed by atoms with Crippen molar-refractivity contribution in [2.45, 2.75) is 78.2 Å². The maximum atomic E-state index is 13.8. The van der Waals surface area contributed by atoms with Gasteiger partial charge in [0.2, 0.25) is 0 Å². The molecule has 0 unspecified atom stereocenters. The quantitative estimate of drug-likeness (QED) is 0.453. The molecule has 1 fully saturated rings. The SMILES string of the molecule is Cc1nn(C(C)(C)C)c2nc(C3CC3)cc(C(=O)Nc3cc(C(C)(C)C)nn3-c3ncccn3)c12. The van der Waals surface area contributed by atoms with E-state index in [1.807, 2.05) is 23.7 Å². The average Bonchev–Trinajstić information content (AvgIpc) is 3.46. The molecule has 9 nitrogen and oxygen atoms in total. The summed E-state index contributed by atoms with van der Waals surface area (Å²) < 4.78 is 3.52. The third kappa shape index (κ3) is 4.31. The zero-order valence-electron chi connectivity index (χ0n) is 21.4. The van der Waals surface area contributed by atoms with Gasteiger partial charge in [-0.15, -0.1) is 0 Å². The first kappa shape index (κ1) is 23.1. The third-order valence-corrected chi connectivity index (χ3v) is 6.17. The molecule has 1 aliphatic rings. The fourth-order valence-corrected chi connectivity index (χ4v) is 4.12. The van der Waals surface area contributed by atoms with E-state index in [1.165, 1.54) is 0 Å². The number of carbonyl (C=O) groups is 1. The van der Waals surface area contributed by atoms with Crippen LogP contribution in [0.15, 0.2) is 30.6 Å². The number of amides is 1. The second-order valence-electron chi connectivity index (χ2n) is 11.3. The molecule has 0 aliphatic heterocycles. The van der Waals surface area contributed by atoms with Crippen LogP contribution < -0.4 is 5.32 Å². The minimum absolute atomic E-state index is 0.215. The van der Waals surface area contributed by atoms with Crippen LogP contribution in [0.2, 0.25) is 0 Å². The van der Waals surface area contributed by atoms with Gasteiger partial charge in [-0.25, -0.2) is 19.6 Å². The Labute approximate surface area is 205 Å². The summed E-state index contributed by atoms with van der Waals surface area (Å²) in [5.74, 6) is 1.08. The zero-order chi connectivity index (χ0) is 25.1. The van der Waals surface area contributed by atoms with Crippen molar-refractivity contribution in [1.82, 2.24) is 34.5 Å². The van der Waals surface area contributed by atoms with Gasteiger partial charge in [-0.1, -0.05) is 20.8 Å². The van der Waals surface area contributed by atoms with E-state index < -0.39 is 0 Å². The molecule has 9 heteroatoms. The van der Waals surface area contributed by atoms with Gasteiger partial charge in [0, 0.05) is 35.5 Å². The molecule has 0 bridgehead atoms. The van der Waals surface area contributed by atoms with Crippen molar-refractivity contribution in [2.24, 2.45) is 0 Å². The Morgan fingerprint density at radius 2 is 1.71 bits per heavy atom. The Hall–Kier alpha value is -3.62. The lowest BCUT2D eigenvalue weighted by Gasteiger charge is -2.20. The van der Waals surface area contributed by atoms with Crippen molar-refractivity contribution in [3.8, 4) is 5.95 Å². The molecule has 0 saturated heterocycles. The van der Waals surface area contributed by atoms with Crippen molar-refractivity contribution >= 4 is 22.8 Å². The van der Waals surface area contributed by atoms with E-state index in [0.29, 0.717) is 23.2 Å². The molecule has 0 radical (unpaired) electrons. The highest BCUT2D eigenvalue weighted by Crippen LogP contribution is 2.41. The van der Waals surface area contributed by atoms with Crippen molar-refractivity contribution < 1.29 is 4.79 Å². The number of carbonyl (C=O) groups excluding carboxylic acids is 1. The largest absolute Gasteiger partial charge is 0.306 e. The molecule has 4 aromatic heterocycles. The predicted molar refractivity (Wildman–Crippen MR) is 135 cm³/mol. The monoisotopic (exact) mass is 472 g/mol. The molecular formula is C26H32N8O. The van der Waals surface area contributed by atoms with E-state index in [1.54, 1.807) is 23.1 Å². The molecule has 0 atom stereocenters. The van der Waals surface area contributed by atoms with Gasteiger partial charge in [-0.3, -0.25) is 4.79 Å². The minimum atomic E-state index is -0.264. The Morgan fingerprint density at radius 3 is 2.31 bits per heavy atom. The number of nitrogens with zero attached hydrogens (tertiary/aromatic N) is 7. The highest BCUT2D eigenvalue weighted by atomic mass is 16.1. The lowest BCUT2D eigenvalue weighted by molar-refractivity contribution is 0.102. The summed E-state index contributed by atoms with van der Waals surface area (Å²) in [5.41, 5.74) is 3.40. The Bertz CT molecular complexity index is 1420. The number of fused-ring (bicyclic) bond motifs is 1. The molecular weight excluding hydrogens is 440 g/mol. The summed E-state index contributed by atoms with van der Waals surface area (Å²) in [6.07, 6.45) is 5.50. The van der Waals surface area contributed by atoms with E-state index in [4.69, 9.17) is 15.2 Å². The van der Waals surface area contributed by atoms with Crippen LogP contribution >= 0.6 is 0 Å². The van der Waals surface area contributed by atoms with Gasteiger partial charge in [-0.2, -0.15) is 14.9 Å². The van der Waals surface area contributed by atoms with Gasteiger partial charge < -0.3 is 5.32 Å². The van der Waals surface area contributed by atoms with Gasteiger partial charge in [0.25, 0.3) is 11.9 Å². The van der Waals surface area contributed by atoms with Gasteiger partial charge in [0.05, 0.1) is 27.9 Å². The van der Waals surface area contributed by atoms with Gasteiger partial charge in [0.1, 0.15) is 5.82 Å². The van der Waals surface area contributed by atoms with Gasteiger partial charge in [-0.05, 0) is 52.7 Å². The number of rotatable bonds is 4. The smallest absolute Gasteiger partial charge is 0.257 e. The summed E-state index contributed by atoms with van der Waals surface area (Å²) in [7, 11) is 0. The van der Waals surface area contributed by atoms with Crippen LogP contribution in [0.3, 0.4) is 0 Å². The molecule has 1 amide bonds. The van der Waals surface area contributed by atoms with E-state index in [2.05, 4.69) is 56.8 Å². The van der Waals surface area contributed by atoms with E-state index >= 15 is 0 Å². The Balaban J connectivity index is 1.63. The molecule has 1 N–H and O–H groups in total. The fourth-order valence-electron chi connectivity index (χ4n) is 4.12. The van der Waals surface area contributed by atoms with Crippen LogP contribution in [0.5, 0.6) is 0 Å². The molecule has 0 spiro atoms. The first-order chi connectivity index (χ1) is 16.4. The summed E-state index contributed by atoms with van der Waals surface area (Å²) in [6.45, 7) is 14.4. The number of anilines is 1. The third-order valence-electron chi connectivity index (χ3n) is 6.17. The molecule has 182 valence electrons. The number of aromatic nitrogens is 7. The molecule has 0 aromatic carbocycles. The predicted octanol–water partition coefficient (Wildman–Crippen LogP) is 4.90. The summed E-state index contributed by atoms with van der Waals surface area (Å²) in [6, 6.07) is 5.57. The summed E-state index contributed by atoms with van der Waals surface area (Å²) in [4.78, 5) is 27.5. The first-order valence-corrected chi connectivity index (χ1v) is 12.0. The van der Waals surface area contributed by atoms with Crippen molar-refractivity contribution in [3.05, 3.63) is 53.2 Å². The van der Waals surface area contributed by atoms with Gasteiger partial charge >= 0.3 is 0 Å². The van der Waals surface area contributed by atoms with Crippen molar-refractivity contribution in [3.63, 3.8) is 0 Å². The highest BCUT2D eigenvalue weighted by Gasteiger charge is 2.31. The number of pyridine rings is 1. The van der Waals surface area contributed by atoms with Crippen LogP contribution in [0.1, 0.15) is 87.7 Å². The zero-order valence-corrected chi connectivity index (χ0v) is 21.4. The Kier molecular flexibility index (Phi) is 5.27. The topological polar surface area (TPSA) is 103 Å². The second kappa shape index (κ2) is 7.96. The number of hydrogen-bond donors (Lipinski definition) is 1. The fraction of sp³-hybridized carbons (Fsp3) is 0.462. The number of hydrogen-bond acceptors (Lipinski definition) is 6. The summed E-state index contributed by atoms with van der Waals surface area (Å²) in [5, 5.41) is 13.4. The van der Waals surface area contributed by atoms with Crippen molar-refractivity contribution in [1.29, 1.82) is 0 Å². The minimum Gasteiger partial charge on any atom is -0.306 e. The lowest BCUT2D eigenvalue weighted by Crippen LogP contribution is -2.24. The standard InChI is InChI=1S/C26H32N8O/c1-15-21-17(13-18(16-9-10-16)29-22(21)34(31-15)26(5,6)7)23(35)30-20-14-19(25(2,3)4)32-33(20)24-27-11-8-12-28-24/h8,11-14,16H,9-10H2,1-7H3,(H,30,35). The molecule has 1 aliphatic carbocycles. The van der Waals surface area contributed by atoms with Crippen molar-refractivity contribution in [2.75, 3.05) is 5.32 Å². The molecule has 1 saturated carbocycles. The normalized spacial score (nSPS) is 14.5. The molecule has 35 heavy (non-hydrogen) atoms. The lowest BCUT2D eigenvalue weighted by atomic mass is 9.92. The highest BCUT2D eigenvalue weighted by molar-refractivity contribution is 6.12. The maximum Gasteiger partial charge on any atom is 0.257 e. The van der Waals surface area contributed by atoms with Crippen LogP contribution in [0.25, 0.3) is 17.0 Å².